The molecule has 178 valence electrons. The summed E-state index contributed by atoms with van der Waals surface area (Å²) >= 11 is 0. The third kappa shape index (κ3) is 17.6. The molecule has 1 N–H and O–H groups in total. The third-order valence-electron chi connectivity index (χ3n) is 4.32. The van der Waals surface area contributed by atoms with Gasteiger partial charge < -0.3 is 33.7 Å². The van der Waals surface area contributed by atoms with Crippen LogP contribution in [0.15, 0.2) is 30.3 Å². The fourth-order valence-corrected chi connectivity index (χ4v) is 2.28. The largest absolute Gasteiger partial charge is 0.445 e. The van der Waals surface area contributed by atoms with Crippen LogP contribution in [0.4, 0.5) is 4.79 Å². The summed E-state index contributed by atoms with van der Waals surface area (Å²) in [5.74, 6) is 0.597. The highest BCUT2D eigenvalue weighted by molar-refractivity contribution is 5.67. The Morgan fingerprint density at radius 1 is 0.806 bits per heavy atom. The summed E-state index contributed by atoms with van der Waals surface area (Å²) in [6.45, 7) is 10.4. The molecule has 0 bridgehead atoms. The second-order valence-corrected chi connectivity index (χ2v) is 7.03. The van der Waals surface area contributed by atoms with Gasteiger partial charge in [-0.05, 0) is 11.5 Å². The zero-order chi connectivity index (χ0) is 22.4. The predicted molar refractivity (Wildman–Crippen MR) is 118 cm³/mol. The van der Waals surface area contributed by atoms with E-state index < -0.39 is 6.09 Å². The van der Waals surface area contributed by atoms with E-state index in [0.29, 0.717) is 71.9 Å². The monoisotopic (exact) mass is 441 g/mol. The van der Waals surface area contributed by atoms with Crippen molar-refractivity contribution >= 4 is 6.09 Å². The summed E-state index contributed by atoms with van der Waals surface area (Å²) in [5, 5.41) is 2.64. The van der Waals surface area contributed by atoms with Crippen LogP contribution in [0, 0.1) is 5.92 Å². The van der Waals surface area contributed by atoms with Gasteiger partial charge in [0.25, 0.3) is 0 Å². The van der Waals surface area contributed by atoms with E-state index >= 15 is 0 Å². The van der Waals surface area contributed by atoms with Crippen LogP contribution in [0.2, 0.25) is 0 Å². The third-order valence-corrected chi connectivity index (χ3v) is 4.32. The lowest BCUT2D eigenvalue weighted by molar-refractivity contribution is -0.0130. The molecule has 1 aromatic carbocycles. The molecule has 0 aliphatic heterocycles. The number of benzene rings is 1. The van der Waals surface area contributed by atoms with Crippen molar-refractivity contribution < 1.29 is 33.2 Å². The highest BCUT2D eigenvalue weighted by Gasteiger charge is 2.02. The number of alkyl carbamates (subject to hydrolysis) is 1. The van der Waals surface area contributed by atoms with Gasteiger partial charge in [-0.15, -0.1) is 0 Å². The molecule has 1 aromatic rings. The van der Waals surface area contributed by atoms with Crippen molar-refractivity contribution in [2.45, 2.75) is 26.9 Å². The zero-order valence-corrected chi connectivity index (χ0v) is 19.0. The van der Waals surface area contributed by atoms with Crippen LogP contribution < -0.4 is 5.32 Å². The SMILES string of the molecule is CCC(C)COCCOCCOCCOCCOCCNC(=O)OCc1ccccc1. The fourth-order valence-electron chi connectivity index (χ4n) is 2.28. The molecule has 1 amide bonds. The van der Waals surface area contributed by atoms with Gasteiger partial charge in [-0.25, -0.2) is 4.79 Å². The number of carbonyl (C=O) groups excluding carboxylic acids is 1. The van der Waals surface area contributed by atoms with Crippen LogP contribution in [0.5, 0.6) is 0 Å². The number of amides is 1. The smallest absolute Gasteiger partial charge is 0.407 e. The van der Waals surface area contributed by atoms with Crippen LogP contribution in [-0.4, -0.2) is 78.7 Å². The second kappa shape index (κ2) is 20.2. The lowest BCUT2D eigenvalue weighted by atomic mass is 10.1. The summed E-state index contributed by atoms with van der Waals surface area (Å²) in [5.41, 5.74) is 0.949. The Morgan fingerprint density at radius 2 is 1.32 bits per heavy atom. The number of nitrogens with one attached hydrogen (secondary N) is 1. The molecule has 8 heteroatoms. The van der Waals surface area contributed by atoms with Gasteiger partial charge in [-0.1, -0.05) is 50.6 Å². The Morgan fingerprint density at radius 3 is 1.87 bits per heavy atom. The Balaban J connectivity index is 1.73. The van der Waals surface area contributed by atoms with Gasteiger partial charge >= 0.3 is 6.09 Å². The topological polar surface area (TPSA) is 84.5 Å². The molecule has 0 fully saturated rings. The predicted octanol–water partition coefficient (Wildman–Crippen LogP) is 3.04. The van der Waals surface area contributed by atoms with Crippen LogP contribution in [0.3, 0.4) is 0 Å². The van der Waals surface area contributed by atoms with Crippen molar-refractivity contribution in [3.63, 3.8) is 0 Å². The maximum atomic E-state index is 11.6. The Bertz CT molecular complexity index is 530. The maximum absolute atomic E-state index is 11.6. The van der Waals surface area contributed by atoms with E-state index in [9.17, 15) is 4.79 Å². The van der Waals surface area contributed by atoms with Gasteiger partial charge in [0.1, 0.15) is 6.61 Å². The highest BCUT2D eigenvalue weighted by Crippen LogP contribution is 2.01. The quantitative estimate of drug-likeness (QED) is 0.311. The van der Waals surface area contributed by atoms with Crippen molar-refractivity contribution in [2.75, 3.05) is 72.6 Å². The van der Waals surface area contributed by atoms with E-state index in [1.807, 2.05) is 30.3 Å². The maximum Gasteiger partial charge on any atom is 0.407 e. The molecule has 0 saturated heterocycles. The molecule has 0 aliphatic rings. The molecule has 0 radical (unpaired) electrons. The molecule has 8 nitrogen and oxygen atoms in total. The highest BCUT2D eigenvalue weighted by atomic mass is 16.6. The van der Waals surface area contributed by atoms with Crippen molar-refractivity contribution in [1.82, 2.24) is 5.32 Å². The lowest BCUT2D eigenvalue weighted by Gasteiger charge is -2.10. The van der Waals surface area contributed by atoms with E-state index in [1.54, 1.807) is 0 Å². The molecule has 1 unspecified atom stereocenters. The molecule has 1 rings (SSSR count). The van der Waals surface area contributed by atoms with Crippen LogP contribution in [-0.2, 0) is 35.0 Å². The van der Waals surface area contributed by atoms with Gasteiger partial charge in [-0.2, -0.15) is 0 Å². The van der Waals surface area contributed by atoms with E-state index in [4.69, 9.17) is 28.4 Å². The molecule has 0 saturated carbocycles. The summed E-state index contributed by atoms with van der Waals surface area (Å²) in [6.07, 6.45) is 0.676. The first-order valence-corrected chi connectivity index (χ1v) is 11.1. The van der Waals surface area contributed by atoms with E-state index in [-0.39, 0.29) is 6.61 Å². The second-order valence-electron chi connectivity index (χ2n) is 7.03. The van der Waals surface area contributed by atoms with Crippen molar-refractivity contribution in [3.8, 4) is 0 Å². The first-order valence-electron chi connectivity index (χ1n) is 11.1. The summed E-state index contributed by atoms with van der Waals surface area (Å²) in [6, 6.07) is 9.53. The van der Waals surface area contributed by atoms with Gasteiger partial charge in [0.15, 0.2) is 0 Å². The van der Waals surface area contributed by atoms with Gasteiger partial charge in [0.05, 0.1) is 59.5 Å². The molecule has 0 aliphatic carbocycles. The first kappa shape index (κ1) is 27.3. The van der Waals surface area contributed by atoms with Gasteiger partial charge in [0.2, 0.25) is 0 Å². The molecule has 0 spiro atoms. The van der Waals surface area contributed by atoms with Gasteiger partial charge in [-0.3, -0.25) is 0 Å². The van der Waals surface area contributed by atoms with Crippen molar-refractivity contribution in [3.05, 3.63) is 35.9 Å². The van der Waals surface area contributed by atoms with Gasteiger partial charge in [0, 0.05) is 13.2 Å². The standard InChI is InChI=1S/C23H39NO7/c1-3-21(2)19-30-18-17-29-16-15-28-14-13-27-12-11-26-10-9-24-23(25)31-20-22-7-5-4-6-8-22/h4-8,21H,3,9-20H2,1-2H3,(H,24,25). The van der Waals surface area contributed by atoms with Crippen LogP contribution in [0.1, 0.15) is 25.8 Å². The normalized spacial score (nSPS) is 11.9. The van der Waals surface area contributed by atoms with Crippen LogP contribution in [0.25, 0.3) is 0 Å². The average Bonchev–Trinajstić information content (AvgIpc) is 2.80. The Kier molecular flexibility index (Phi) is 17.8. The van der Waals surface area contributed by atoms with Crippen LogP contribution >= 0.6 is 0 Å². The number of hydrogen-bond acceptors (Lipinski definition) is 7. The summed E-state index contributed by atoms with van der Waals surface area (Å²) in [4.78, 5) is 11.6. The molecular formula is C23H39NO7. The Hall–Kier alpha value is -1.71. The number of ether oxygens (including phenoxy) is 6. The molecule has 1 atom stereocenters. The summed E-state index contributed by atoms with van der Waals surface area (Å²) in [7, 11) is 0. The fraction of sp³-hybridized carbons (Fsp3) is 0.696. The van der Waals surface area contributed by atoms with Crippen molar-refractivity contribution in [2.24, 2.45) is 5.92 Å². The minimum atomic E-state index is -0.455. The molecular weight excluding hydrogens is 402 g/mol. The Labute approximate surface area is 186 Å². The van der Waals surface area contributed by atoms with E-state index in [2.05, 4.69) is 19.2 Å². The molecule has 0 aromatic heterocycles. The van der Waals surface area contributed by atoms with E-state index in [1.165, 1.54) is 0 Å². The number of carbonyl (C=O) groups is 1. The molecule has 0 heterocycles. The lowest BCUT2D eigenvalue weighted by Crippen LogP contribution is -2.28. The number of hydrogen-bond donors (Lipinski definition) is 1. The van der Waals surface area contributed by atoms with Crippen molar-refractivity contribution in [1.29, 1.82) is 0 Å². The zero-order valence-electron chi connectivity index (χ0n) is 19.0. The summed E-state index contributed by atoms with van der Waals surface area (Å²) < 4.78 is 32.3. The number of rotatable bonds is 20. The van der Waals surface area contributed by atoms with E-state index in [0.717, 1.165) is 18.6 Å². The minimum Gasteiger partial charge on any atom is -0.445 e. The minimum absolute atomic E-state index is 0.252. The average molecular weight is 442 g/mol. The molecule has 31 heavy (non-hydrogen) atoms. The first-order chi connectivity index (χ1) is 15.2.